The van der Waals surface area contributed by atoms with E-state index in [9.17, 15) is 8.42 Å². The summed E-state index contributed by atoms with van der Waals surface area (Å²) in [5.41, 5.74) is 5.83. The van der Waals surface area contributed by atoms with Gasteiger partial charge in [0.2, 0.25) is 10.0 Å². The number of sulfonamides is 1. The van der Waals surface area contributed by atoms with Crippen molar-refractivity contribution in [2.24, 2.45) is 0 Å². The number of hydrogen-bond acceptors (Lipinski definition) is 5. The van der Waals surface area contributed by atoms with Gasteiger partial charge in [-0.2, -0.15) is 0 Å². The summed E-state index contributed by atoms with van der Waals surface area (Å²) >= 11 is 0. The van der Waals surface area contributed by atoms with Gasteiger partial charge in [-0.1, -0.05) is 0 Å². The molecule has 2 rings (SSSR count). The fourth-order valence-electron chi connectivity index (χ4n) is 1.74. The van der Waals surface area contributed by atoms with Crippen LogP contribution < -0.4 is 10.5 Å². The number of aryl methyl sites for hydroxylation is 1. The van der Waals surface area contributed by atoms with Crippen LogP contribution in [0, 0.1) is 0 Å². The predicted octanol–water partition coefficient (Wildman–Crippen LogP) is 0.619. The van der Waals surface area contributed by atoms with E-state index in [1.54, 1.807) is 12.5 Å². The molecule has 0 radical (unpaired) electrons. The number of imidazole rings is 1. The molecule has 108 valence electrons. The summed E-state index contributed by atoms with van der Waals surface area (Å²) < 4.78 is 28.5. The number of pyridine rings is 1. The highest BCUT2D eigenvalue weighted by atomic mass is 32.2. The molecule has 0 amide bonds. The molecule has 0 unspecified atom stereocenters. The van der Waals surface area contributed by atoms with E-state index in [1.807, 2.05) is 10.8 Å². The molecular weight excluding hydrogens is 278 g/mol. The average molecular weight is 295 g/mol. The summed E-state index contributed by atoms with van der Waals surface area (Å²) in [6.07, 6.45) is 9.64. The van der Waals surface area contributed by atoms with Crippen molar-refractivity contribution in [3.8, 4) is 0 Å². The molecule has 0 bridgehead atoms. The third kappa shape index (κ3) is 3.78. The van der Waals surface area contributed by atoms with Gasteiger partial charge in [-0.3, -0.25) is 4.98 Å². The monoisotopic (exact) mass is 295 g/mol. The van der Waals surface area contributed by atoms with Gasteiger partial charge < -0.3 is 10.3 Å². The summed E-state index contributed by atoms with van der Waals surface area (Å²) in [4.78, 5) is 7.74. The van der Waals surface area contributed by atoms with Crippen molar-refractivity contribution >= 4 is 15.7 Å². The second-order valence-electron chi connectivity index (χ2n) is 4.32. The molecule has 2 heterocycles. The number of nitrogens with two attached hydrogens (primary N) is 1. The molecule has 20 heavy (non-hydrogen) atoms. The Morgan fingerprint density at radius 3 is 2.80 bits per heavy atom. The maximum absolute atomic E-state index is 12.0. The van der Waals surface area contributed by atoms with Crippen LogP contribution in [0.25, 0.3) is 0 Å². The lowest BCUT2D eigenvalue weighted by Gasteiger charge is -2.08. The van der Waals surface area contributed by atoms with Gasteiger partial charge in [0.1, 0.15) is 4.90 Å². The van der Waals surface area contributed by atoms with Crippen molar-refractivity contribution in [3.63, 3.8) is 0 Å². The Morgan fingerprint density at radius 2 is 2.10 bits per heavy atom. The Balaban J connectivity index is 1.80. The highest BCUT2D eigenvalue weighted by Gasteiger charge is 2.16. The van der Waals surface area contributed by atoms with Crippen LogP contribution in [0.4, 0.5) is 5.69 Å². The summed E-state index contributed by atoms with van der Waals surface area (Å²) in [6.45, 7) is 1.18. The summed E-state index contributed by atoms with van der Waals surface area (Å²) in [5.74, 6) is 0. The number of rotatable bonds is 7. The van der Waals surface area contributed by atoms with E-state index in [2.05, 4.69) is 14.7 Å². The quantitative estimate of drug-likeness (QED) is 0.729. The predicted molar refractivity (Wildman–Crippen MR) is 75.3 cm³/mol. The summed E-state index contributed by atoms with van der Waals surface area (Å²) in [6, 6.07) is 1.47. The van der Waals surface area contributed by atoms with E-state index >= 15 is 0 Å². The average Bonchev–Trinajstić information content (AvgIpc) is 2.91. The largest absolute Gasteiger partial charge is 0.398 e. The van der Waals surface area contributed by atoms with Gasteiger partial charge in [0.05, 0.1) is 12.0 Å². The van der Waals surface area contributed by atoms with Crippen molar-refractivity contribution in [1.29, 1.82) is 0 Å². The normalized spacial score (nSPS) is 11.6. The summed E-state index contributed by atoms with van der Waals surface area (Å²) in [7, 11) is -3.58. The minimum Gasteiger partial charge on any atom is -0.398 e. The maximum atomic E-state index is 12.0. The lowest BCUT2D eigenvalue weighted by molar-refractivity contribution is 0.566. The highest BCUT2D eigenvalue weighted by Crippen LogP contribution is 2.15. The molecule has 2 aromatic rings. The molecule has 0 aliphatic heterocycles. The fourth-order valence-corrected chi connectivity index (χ4v) is 2.88. The zero-order chi connectivity index (χ0) is 14.4. The number of aromatic nitrogens is 3. The minimum atomic E-state index is -3.58. The SMILES string of the molecule is Nc1ccncc1S(=O)(=O)NCCCCn1ccnc1. The van der Waals surface area contributed by atoms with Gasteiger partial charge in [0.25, 0.3) is 0 Å². The molecule has 0 aromatic carbocycles. The number of hydrogen-bond donors (Lipinski definition) is 2. The topological polar surface area (TPSA) is 103 Å². The van der Waals surface area contributed by atoms with E-state index in [-0.39, 0.29) is 10.6 Å². The van der Waals surface area contributed by atoms with E-state index in [0.29, 0.717) is 6.54 Å². The van der Waals surface area contributed by atoms with Gasteiger partial charge in [-0.15, -0.1) is 0 Å². The molecule has 8 heteroatoms. The standard InChI is InChI=1S/C12H17N5O2S/c13-11-3-5-14-9-12(11)20(18,19)16-4-1-2-7-17-8-6-15-10-17/h3,5-6,8-10,16H,1-2,4,7H2,(H2,13,14). The lowest BCUT2D eigenvalue weighted by Crippen LogP contribution is -2.26. The molecule has 0 aliphatic carbocycles. The first-order valence-corrected chi connectivity index (χ1v) is 7.73. The molecular formula is C12H17N5O2S. The Labute approximate surface area is 117 Å². The van der Waals surface area contributed by atoms with Crippen LogP contribution in [0.5, 0.6) is 0 Å². The van der Waals surface area contributed by atoms with Gasteiger partial charge >= 0.3 is 0 Å². The maximum Gasteiger partial charge on any atom is 0.244 e. The number of unbranched alkanes of at least 4 members (excludes halogenated alkanes) is 1. The van der Waals surface area contributed by atoms with Crippen LogP contribution in [-0.2, 0) is 16.6 Å². The van der Waals surface area contributed by atoms with Crippen molar-refractivity contribution in [3.05, 3.63) is 37.2 Å². The third-order valence-electron chi connectivity index (χ3n) is 2.80. The van der Waals surface area contributed by atoms with E-state index in [1.165, 1.54) is 18.5 Å². The van der Waals surface area contributed by atoms with Gasteiger partial charge in [0.15, 0.2) is 0 Å². The number of nitrogens with one attached hydrogen (secondary N) is 1. The molecule has 0 fully saturated rings. The van der Waals surface area contributed by atoms with Crippen LogP contribution in [0.2, 0.25) is 0 Å². The first-order valence-electron chi connectivity index (χ1n) is 6.24. The van der Waals surface area contributed by atoms with E-state index in [0.717, 1.165) is 19.4 Å². The minimum absolute atomic E-state index is 0.0228. The second kappa shape index (κ2) is 6.49. The van der Waals surface area contributed by atoms with Crippen molar-refractivity contribution < 1.29 is 8.42 Å². The second-order valence-corrected chi connectivity index (χ2v) is 6.05. The molecule has 2 aromatic heterocycles. The molecule has 0 atom stereocenters. The van der Waals surface area contributed by atoms with Crippen LogP contribution in [0.15, 0.2) is 42.1 Å². The first kappa shape index (κ1) is 14.5. The number of nitrogen functional groups attached to an aromatic ring is 1. The van der Waals surface area contributed by atoms with Gasteiger partial charge in [0, 0.05) is 37.9 Å². The Morgan fingerprint density at radius 1 is 1.25 bits per heavy atom. The molecule has 7 nitrogen and oxygen atoms in total. The van der Waals surface area contributed by atoms with E-state index in [4.69, 9.17) is 5.73 Å². The van der Waals surface area contributed by atoms with Crippen molar-refractivity contribution in [2.45, 2.75) is 24.3 Å². The third-order valence-corrected chi connectivity index (χ3v) is 4.30. The zero-order valence-corrected chi connectivity index (χ0v) is 11.8. The molecule has 0 saturated carbocycles. The van der Waals surface area contributed by atoms with Crippen LogP contribution >= 0.6 is 0 Å². The van der Waals surface area contributed by atoms with Crippen LogP contribution in [-0.4, -0.2) is 29.5 Å². The molecule has 0 spiro atoms. The molecule has 3 N–H and O–H groups in total. The van der Waals surface area contributed by atoms with Crippen LogP contribution in [0.1, 0.15) is 12.8 Å². The van der Waals surface area contributed by atoms with Gasteiger partial charge in [-0.05, 0) is 18.9 Å². The molecule has 0 aliphatic rings. The first-order chi connectivity index (χ1) is 9.59. The van der Waals surface area contributed by atoms with E-state index < -0.39 is 10.0 Å². The molecule has 0 saturated heterocycles. The Kier molecular flexibility index (Phi) is 4.70. The number of anilines is 1. The van der Waals surface area contributed by atoms with Gasteiger partial charge in [-0.25, -0.2) is 18.1 Å². The summed E-state index contributed by atoms with van der Waals surface area (Å²) in [5, 5.41) is 0. The van der Waals surface area contributed by atoms with Crippen molar-refractivity contribution in [1.82, 2.24) is 19.3 Å². The fraction of sp³-hybridized carbons (Fsp3) is 0.333. The lowest BCUT2D eigenvalue weighted by atomic mass is 10.3. The Bertz CT molecular complexity index is 640. The highest BCUT2D eigenvalue weighted by molar-refractivity contribution is 7.89. The number of nitrogens with zero attached hydrogens (tertiary/aromatic N) is 3. The smallest absolute Gasteiger partial charge is 0.244 e. The van der Waals surface area contributed by atoms with Crippen LogP contribution in [0.3, 0.4) is 0 Å². The van der Waals surface area contributed by atoms with Crippen molar-refractivity contribution in [2.75, 3.05) is 12.3 Å². The Hall–Kier alpha value is -1.93. The zero-order valence-electron chi connectivity index (χ0n) is 10.9.